The van der Waals surface area contributed by atoms with Crippen molar-refractivity contribution in [2.75, 3.05) is 31.1 Å². The fourth-order valence-corrected chi connectivity index (χ4v) is 3.54. The fourth-order valence-electron chi connectivity index (χ4n) is 2.90. The first-order valence-electron chi connectivity index (χ1n) is 8.32. The Bertz CT molecular complexity index is 747. The van der Waals surface area contributed by atoms with E-state index >= 15 is 0 Å². The van der Waals surface area contributed by atoms with Gasteiger partial charge in [0.2, 0.25) is 5.91 Å². The maximum absolute atomic E-state index is 12.4. The normalized spacial score (nSPS) is 16.2. The predicted molar refractivity (Wildman–Crippen MR) is 98.4 cm³/mol. The van der Waals surface area contributed by atoms with Gasteiger partial charge in [-0.25, -0.2) is 4.98 Å². The van der Waals surface area contributed by atoms with Crippen LogP contribution in [0.25, 0.3) is 0 Å². The number of amides is 1. The van der Waals surface area contributed by atoms with Crippen LogP contribution in [-0.4, -0.2) is 48.0 Å². The minimum atomic E-state index is -0.152. The van der Waals surface area contributed by atoms with Crippen LogP contribution in [0, 0.1) is 11.3 Å². The molecule has 1 aliphatic heterocycles. The summed E-state index contributed by atoms with van der Waals surface area (Å²) in [5, 5.41) is 14.0. The quantitative estimate of drug-likeness (QED) is 0.886. The van der Waals surface area contributed by atoms with Crippen LogP contribution >= 0.6 is 11.3 Å². The standard InChI is InChI=1S/C18H21N5OS/c1-14(18(24)21-13-16-3-2-10-25-16)22-6-8-23(9-7-22)17-11-15(12-19)4-5-20-17/h2-5,10-11,14H,6-9,13H2,1H3,(H,21,24). The molecule has 3 rings (SSSR count). The highest BCUT2D eigenvalue weighted by atomic mass is 32.1. The molecule has 0 bridgehead atoms. The van der Waals surface area contributed by atoms with Crippen molar-refractivity contribution >= 4 is 23.1 Å². The summed E-state index contributed by atoms with van der Waals surface area (Å²) < 4.78 is 0. The highest BCUT2D eigenvalue weighted by Crippen LogP contribution is 2.16. The number of nitrogens with one attached hydrogen (secondary N) is 1. The summed E-state index contributed by atoms with van der Waals surface area (Å²) in [6.45, 7) is 5.73. The molecule has 1 fully saturated rings. The van der Waals surface area contributed by atoms with E-state index in [4.69, 9.17) is 5.26 Å². The Morgan fingerprint density at radius 3 is 2.88 bits per heavy atom. The summed E-state index contributed by atoms with van der Waals surface area (Å²) in [4.78, 5) is 22.2. The van der Waals surface area contributed by atoms with Gasteiger partial charge in [-0.2, -0.15) is 5.26 Å². The van der Waals surface area contributed by atoms with Crippen molar-refractivity contribution < 1.29 is 4.79 Å². The Labute approximate surface area is 151 Å². The molecule has 1 saturated heterocycles. The van der Waals surface area contributed by atoms with Crippen LogP contribution in [-0.2, 0) is 11.3 Å². The molecule has 1 amide bonds. The molecule has 0 spiro atoms. The molecule has 6 nitrogen and oxygen atoms in total. The number of piperazine rings is 1. The van der Waals surface area contributed by atoms with E-state index in [0.717, 1.165) is 36.9 Å². The Balaban J connectivity index is 1.50. The number of thiophene rings is 1. The lowest BCUT2D eigenvalue weighted by Gasteiger charge is -2.38. The molecule has 2 aromatic heterocycles. The molecule has 0 aromatic carbocycles. The van der Waals surface area contributed by atoms with Crippen LogP contribution in [0.15, 0.2) is 35.8 Å². The number of carbonyl (C=O) groups is 1. The third kappa shape index (κ3) is 4.35. The third-order valence-electron chi connectivity index (χ3n) is 4.46. The van der Waals surface area contributed by atoms with Crippen molar-refractivity contribution in [3.05, 3.63) is 46.3 Å². The van der Waals surface area contributed by atoms with Gasteiger partial charge in [0, 0.05) is 37.3 Å². The van der Waals surface area contributed by atoms with E-state index in [-0.39, 0.29) is 11.9 Å². The molecule has 0 saturated carbocycles. The van der Waals surface area contributed by atoms with Gasteiger partial charge in [-0.1, -0.05) is 6.07 Å². The van der Waals surface area contributed by atoms with Gasteiger partial charge in [0.15, 0.2) is 0 Å². The van der Waals surface area contributed by atoms with E-state index in [0.29, 0.717) is 12.1 Å². The maximum atomic E-state index is 12.4. The van der Waals surface area contributed by atoms with E-state index in [1.165, 1.54) is 0 Å². The summed E-state index contributed by atoms with van der Waals surface area (Å²) >= 11 is 1.65. The van der Waals surface area contributed by atoms with Gasteiger partial charge in [-0.15, -0.1) is 11.3 Å². The molecular weight excluding hydrogens is 334 g/mol. The second kappa shape index (κ2) is 8.10. The van der Waals surface area contributed by atoms with Crippen LogP contribution in [0.3, 0.4) is 0 Å². The number of hydrogen-bond acceptors (Lipinski definition) is 6. The number of anilines is 1. The average Bonchev–Trinajstić information content (AvgIpc) is 3.19. The smallest absolute Gasteiger partial charge is 0.237 e. The van der Waals surface area contributed by atoms with Crippen LogP contribution in [0.4, 0.5) is 5.82 Å². The zero-order valence-electron chi connectivity index (χ0n) is 14.2. The van der Waals surface area contributed by atoms with Crippen LogP contribution in [0.2, 0.25) is 0 Å². The molecule has 0 radical (unpaired) electrons. The molecule has 1 N–H and O–H groups in total. The van der Waals surface area contributed by atoms with Gasteiger partial charge >= 0.3 is 0 Å². The highest BCUT2D eigenvalue weighted by Gasteiger charge is 2.26. The average molecular weight is 355 g/mol. The molecular formula is C18H21N5OS. The van der Waals surface area contributed by atoms with Crippen molar-refractivity contribution in [3.63, 3.8) is 0 Å². The van der Waals surface area contributed by atoms with Gasteiger partial charge in [-0.3, -0.25) is 9.69 Å². The lowest BCUT2D eigenvalue weighted by molar-refractivity contribution is -0.126. The molecule has 1 atom stereocenters. The zero-order valence-corrected chi connectivity index (χ0v) is 15.0. The molecule has 1 unspecified atom stereocenters. The van der Waals surface area contributed by atoms with E-state index in [2.05, 4.69) is 26.2 Å². The molecule has 2 aromatic rings. The zero-order chi connectivity index (χ0) is 17.6. The number of carbonyl (C=O) groups excluding carboxylic acids is 1. The van der Waals surface area contributed by atoms with Crippen molar-refractivity contribution in [2.45, 2.75) is 19.5 Å². The predicted octanol–water partition coefficient (Wildman–Crippen LogP) is 1.84. The van der Waals surface area contributed by atoms with Crippen LogP contribution in [0.1, 0.15) is 17.4 Å². The molecule has 0 aliphatic carbocycles. The number of rotatable bonds is 5. The first-order valence-corrected chi connectivity index (χ1v) is 9.20. The summed E-state index contributed by atoms with van der Waals surface area (Å²) in [6.07, 6.45) is 1.67. The van der Waals surface area contributed by atoms with Crippen molar-refractivity contribution in [3.8, 4) is 6.07 Å². The summed E-state index contributed by atoms with van der Waals surface area (Å²) in [5.41, 5.74) is 0.619. The minimum Gasteiger partial charge on any atom is -0.354 e. The topological polar surface area (TPSA) is 72.3 Å². The first kappa shape index (κ1) is 17.4. The molecule has 7 heteroatoms. The Hall–Kier alpha value is -2.43. The van der Waals surface area contributed by atoms with Gasteiger partial charge in [-0.05, 0) is 30.5 Å². The van der Waals surface area contributed by atoms with E-state index < -0.39 is 0 Å². The Kier molecular flexibility index (Phi) is 5.64. The number of nitrogens with zero attached hydrogens (tertiary/aromatic N) is 4. The Morgan fingerprint density at radius 1 is 1.40 bits per heavy atom. The third-order valence-corrected chi connectivity index (χ3v) is 5.33. The first-order chi connectivity index (χ1) is 12.2. The summed E-state index contributed by atoms with van der Waals surface area (Å²) in [7, 11) is 0. The number of aromatic nitrogens is 1. The van der Waals surface area contributed by atoms with E-state index in [1.54, 1.807) is 23.6 Å². The molecule has 3 heterocycles. The number of nitriles is 1. The Morgan fingerprint density at radius 2 is 2.20 bits per heavy atom. The number of pyridine rings is 1. The van der Waals surface area contributed by atoms with Crippen LogP contribution in [0.5, 0.6) is 0 Å². The summed E-state index contributed by atoms with van der Waals surface area (Å²) in [6, 6.07) is 9.53. The molecule has 1 aliphatic rings. The largest absolute Gasteiger partial charge is 0.354 e. The van der Waals surface area contributed by atoms with Gasteiger partial charge in [0.05, 0.1) is 24.2 Å². The molecule has 130 valence electrons. The van der Waals surface area contributed by atoms with E-state index in [1.807, 2.05) is 30.5 Å². The van der Waals surface area contributed by atoms with E-state index in [9.17, 15) is 4.79 Å². The second-order valence-electron chi connectivity index (χ2n) is 6.01. The van der Waals surface area contributed by atoms with Crippen LogP contribution < -0.4 is 10.2 Å². The van der Waals surface area contributed by atoms with Crippen molar-refractivity contribution in [1.82, 2.24) is 15.2 Å². The maximum Gasteiger partial charge on any atom is 0.237 e. The number of hydrogen-bond donors (Lipinski definition) is 1. The molecule has 25 heavy (non-hydrogen) atoms. The fraction of sp³-hybridized carbons (Fsp3) is 0.389. The lowest BCUT2D eigenvalue weighted by atomic mass is 10.2. The van der Waals surface area contributed by atoms with Gasteiger partial charge in [0.25, 0.3) is 0 Å². The minimum absolute atomic E-state index is 0.0615. The van der Waals surface area contributed by atoms with Gasteiger partial charge in [0.1, 0.15) is 5.82 Å². The van der Waals surface area contributed by atoms with Crippen molar-refractivity contribution in [1.29, 1.82) is 5.26 Å². The monoisotopic (exact) mass is 355 g/mol. The van der Waals surface area contributed by atoms with Crippen molar-refractivity contribution in [2.24, 2.45) is 0 Å². The highest BCUT2D eigenvalue weighted by molar-refractivity contribution is 7.09. The summed E-state index contributed by atoms with van der Waals surface area (Å²) in [5.74, 6) is 0.889. The lowest BCUT2D eigenvalue weighted by Crippen LogP contribution is -2.54. The van der Waals surface area contributed by atoms with Gasteiger partial charge < -0.3 is 10.2 Å². The second-order valence-corrected chi connectivity index (χ2v) is 7.04. The SMILES string of the molecule is CC(C(=O)NCc1cccs1)N1CCN(c2cc(C#N)ccn2)CC1.